The molecule has 2 aromatic carbocycles. The number of nitrogens with zero attached hydrogens (tertiary/aromatic N) is 3. The molecule has 0 atom stereocenters. The van der Waals surface area contributed by atoms with E-state index in [4.69, 9.17) is 11.6 Å². The molecule has 3 nitrogen and oxygen atoms in total. The van der Waals surface area contributed by atoms with E-state index in [9.17, 15) is 0 Å². The zero-order chi connectivity index (χ0) is 16.6. The van der Waals surface area contributed by atoms with Crippen LogP contribution in [0.2, 0.25) is 5.02 Å². The Hall–Kier alpha value is -2.13. The van der Waals surface area contributed by atoms with Crippen molar-refractivity contribution >= 4 is 23.0 Å². The van der Waals surface area contributed by atoms with Crippen LogP contribution in [0.25, 0.3) is 0 Å². The van der Waals surface area contributed by atoms with Crippen molar-refractivity contribution in [2.45, 2.75) is 26.2 Å². The normalized spacial score (nSPS) is 18.0. The van der Waals surface area contributed by atoms with Crippen molar-refractivity contribution in [3.05, 3.63) is 70.5 Å². The fraction of sp³-hybridized carbons (Fsp3) is 0.263. The molecule has 2 aromatic rings. The molecule has 0 aromatic heterocycles. The molecule has 0 bridgehead atoms. The summed E-state index contributed by atoms with van der Waals surface area (Å²) in [6.07, 6.45) is 1.84. The van der Waals surface area contributed by atoms with Gasteiger partial charge in [0, 0.05) is 28.9 Å². The molecule has 3 rings (SSSR count). The van der Waals surface area contributed by atoms with Gasteiger partial charge in [-0.3, -0.25) is 0 Å². The van der Waals surface area contributed by atoms with Gasteiger partial charge in [-0.2, -0.15) is 10.2 Å². The van der Waals surface area contributed by atoms with Gasteiger partial charge in [-0.05, 0) is 42.8 Å². The van der Waals surface area contributed by atoms with Crippen LogP contribution in [-0.2, 0) is 5.41 Å². The maximum Gasteiger partial charge on any atom is 0.0857 e. The Morgan fingerprint density at radius 1 is 1.09 bits per heavy atom. The molecule has 118 valence electrons. The summed E-state index contributed by atoms with van der Waals surface area (Å²) in [6.45, 7) is 6.42. The van der Waals surface area contributed by atoms with E-state index in [1.807, 2.05) is 42.6 Å². The molecule has 0 fully saturated rings. The minimum Gasteiger partial charge on any atom is -0.346 e. The van der Waals surface area contributed by atoms with Gasteiger partial charge in [0.05, 0.1) is 11.9 Å². The van der Waals surface area contributed by atoms with Crippen LogP contribution < -0.4 is 4.90 Å². The smallest absolute Gasteiger partial charge is 0.0857 e. The lowest BCUT2D eigenvalue weighted by molar-refractivity contribution is 0.637. The topological polar surface area (TPSA) is 28.0 Å². The summed E-state index contributed by atoms with van der Waals surface area (Å²) < 4.78 is 0. The van der Waals surface area contributed by atoms with Crippen LogP contribution >= 0.6 is 11.6 Å². The highest BCUT2D eigenvalue weighted by molar-refractivity contribution is 6.30. The van der Waals surface area contributed by atoms with Crippen LogP contribution in [0.4, 0.5) is 11.4 Å². The fourth-order valence-corrected chi connectivity index (χ4v) is 3.17. The Labute approximate surface area is 142 Å². The fourth-order valence-electron chi connectivity index (χ4n) is 3.00. The SMILES string of the molecule is Cc1ccc(N=N/C=C2/N(C)c3ccc(Cl)cc3C2(C)C)cc1. The monoisotopic (exact) mass is 325 g/mol. The average Bonchev–Trinajstić information content (AvgIpc) is 2.69. The average molecular weight is 326 g/mol. The minimum absolute atomic E-state index is 0.152. The van der Waals surface area contributed by atoms with Crippen LogP contribution in [0.15, 0.2) is 64.6 Å². The Morgan fingerprint density at radius 3 is 2.48 bits per heavy atom. The highest BCUT2D eigenvalue weighted by atomic mass is 35.5. The highest BCUT2D eigenvalue weighted by Crippen LogP contribution is 2.47. The Bertz CT molecular complexity index is 789. The Morgan fingerprint density at radius 2 is 1.78 bits per heavy atom. The molecule has 0 amide bonds. The first-order chi connectivity index (χ1) is 10.9. The van der Waals surface area contributed by atoms with Gasteiger partial charge in [0.2, 0.25) is 0 Å². The van der Waals surface area contributed by atoms with E-state index in [-0.39, 0.29) is 5.41 Å². The summed E-state index contributed by atoms with van der Waals surface area (Å²) in [6, 6.07) is 14.0. The van der Waals surface area contributed by atoms with Crippen molar-refractivity contribution in [2.24, 2.45) is 10.2 Å². The second-order valence-corrected chi connectivity index (χ2v) is 6.85. The van der Waals surface area contributed by atoms with Crippen LogP contribution in [0, 0.1) is 6.92 Å². The Balaban J connectivity index is 1.92. The molecule has 1 heterocycles. The quantitative estimate of drug-likeness (QED) is 0.622. The largest absolute Gasteiger partial charge is 0.346 e. The molecule has 0 N–H and O–H groups in total. The third-order valence-electron chi connectivity index (χ3n) is 4.38. The molecule has 0 saturated heterocycles. The number of rotatable bonds is 2. The zero-order valence-corrected chi connectivity index (χ0v) is 14.6. The number of fused-ring (bicyclic) bond motifs is 1. The molecular weight excluding hydrogens is 306 g/mol. The lowest BCUT2D eigenvalue weighted by Crippen LogP contribution is -2.22. The molecular formula is C19H20ClN3. The van der Waals surface area contributed by atoms with Gasteiger partial charge in [-0.1, -0.05) is 43.1 Å². The van der Waals surface area contributed by atoms with Crippen LogP contribution in [0.5, 0.6) is 0 Å². The molecule has 1 aliphatic rings. The van der Waals surface area contributed by atoms with E-state index in [1.54, 1.807) is 0 Å². The summed E-state index contributed by atoms with van der Waals surface area (Å²) in [5, 5.41) is 9.34. The molecule has 0 aliphatic carbocycles. The standard InChI is InChI=1S/C19H20ClN3/c1-13-5-8-15(9-6-13)22-21-12-18-19(2,3)16-11-14(20)7-10-17(16)23(18)4/h5-12H,1-4H3/b18-12+,22-21?. The number of azo groups is 1. The lowest BCUT2D eigenvalue weighted by atomic mass is 9.84. The number of likely N-dealkylation sites (N-methyl/N-ethyl adjacent to an activating group) is 1. The summed E-state index contributed by atoms with van der Waals surface area (Å²) in [7, 11) is 2.05. The summed E-state index contributed by atoms with van der Waals surface area (Å²) in [5.74, 6) is 0. The first-order valence-corrected chi connectivity index (χ1v) is 7.99. The highest BCUT2D eigenvalue weighted by Gasteiger charge is 2.38. The second kappa shape index (κ2) is 5.82. The minimum atomic E-state index is -0.152. The molecule has 0 spiro atoms. The second-order valence-electron chi connectivity index (χ2n) is 6.41. The van der Waals surface area contributed by atoms with Crippen molar-refractivity contribution in [1.82, 2.24) is 0 Å². The molecule has 0 saturated carbocycles. The zero-order valence-electron chi connectivity index (χ0n) is 13.8. The number of hydrogen-bond acceptors (Lipinski definition) is 3. The Kier molecular flexibility index (Phi) is 3.99. The van der Waals surface area contributed by atoms with Crippen molar-refractivity contribution in [2.75, 3.05) is 11.9 Å². The summed E-state index contributed by atoms with van der Waals surface area (Å²) >= 11 is 6.16. The number of hydrogen-bond donors (Lipinski definition) is 0. The van der Waals surface area contributed by atoms with E-state index in [0.29, 0.717) is 0 Å². The van der Waals surface area contributed by atoms with Crippen molar-refractivity contribution in [1.29, 1.82) is 0 Å². The van der Waals surface area contributed by atoms with Crippen molar-refractivity contribution in [3.63, 3.8) is 0 Å². The molecule has 0 unspecified atom stereocenters. The lowest BCUT2D eigenvalue weighted by Gasteiger charge is -2.22. The number of halogens is 1. The molecule has 23 heavy (non-hydrogen) atoms. The summed E-state index contributed by atoms with van der Waals surface area (Å²) in [4.78, 5) is 2.15. The number of benzene rings is 2. The van der Waals surface area contributed by atoms with E-state index in [0.717, 1.165) is 22.1 Å². The van der Waals surface area contributed by atoms with Crippen molar-refractivity contribution < 1.29 is 0 Å². The van der Waals surface area contributed by atoms with Gasteiger partial charge in [0.1, 0.15) is 0 Å². The van der Waals surface area contributed by atoms with Gasteiger partial charge < -0.3 is 4.90 Å². The third kappa shape index (κ3) is 2.89. The van der Waals surface area contributed by atoms with E-state index in [1.165, 1.54) is 11.1 Å². The number of allylic oxidation sites excluding steroid dienone is 1. The number of anilines is 1. The van der Waals surface area contributed by atoms with E-state index < -0.39 is 0 Å². The maximum atomic E-state index is 6.16. The van der Waals surface area contributed by atoms with Gasteiger partial charge >= 0.3 is 0 Å². The molecule has 4 heteroatoms. The molecule has 0 radical (unpaired) electrons. The van der Waals surface area contributed by atoms with Crippen molar-refractivity contribution in [3.8, 4) is 0 Å². The van der Waals surface area contributed by atoms with Crippen LogP contribution in [0.3, 0.4) is 0 Å². The van der Waals surface area contributed by atoms with Gasteiger partial charge in [-0.15, -0.1) is 0 Å². The predicted octanol–water partition coefficient (Wildman–Crippen LogP) is 6.00. The molecule has 1 aliphatic heterocycles. The van der Waals surface area contributed by atoms with E-state index >= 15 is 0 Å². The van der Waals surface area contributed by atoms with Gasteiger partial charge in [0.25, 0.3) is 0 Å². The summed E-state index contributed by atoms with van der Waals surface area (Å²) in [5.41, 5.74) is 5.39. The van der Waals surface area contributed by atoms with Crippen LogP contribution in [0.1, 0.15) is 25.0 Å². The van der Waals surface area contributed by atoms with Crippen LogP contribution in [-0.4, -0.2) is 7.05 Å². The van der Waals surface area contributed by atoms with Gasteiger partial charge in [0.15, 0.2) is 0 Å². The van der Waals surface area contributed by atoms with E-state index in [2.05, 4.69) is 49.0 Å². The first-order valence-electron chi connectivity index (χ1n) is 7.61. The maximum absolute atomic E-state index is 6.16. The first kappa shape index (κ1) is 15.8. The predicted molar refractivity (Wildman–Crippen MR) is 96.7 cm³/mol. The van der Waals surface area contributed by atoms with Gasteiger partial charge in [-0.25, -0.2) is 0 Å². The number of aryl methyl sites for hydroxylation is 1. The third-order valence-corrected chi connectivity index (χ3v) is 4.62.